The quantitative estimate of drug-likeness (QED) is 0.436. The summed E-state index contributed by atoms with van der Waals surface area (Å²) < 4.78 is 6.30. The second-order valence-corrected chi connectivity index (χ2v) is 7.15. The van der Waals surface area contributed by atoms with Crippen molar-refractivity contribution >= 4 is 56.6 Å². The maximum atomic E-state index is 12.2. The molecule has 0 bridgehead atoms. The second kappa shape index (κ2) is 10.3. The van der Waals surface area contributed by atoms with Gasteiger partial charge in [0.2, 0.25) is 11.8 Å². The van der Waals surface area contributed by atoms with Gasteiger partial charge in [-0.25, -0.2) is 0 Å². The van der Waals surface area contributed by atoms with Crippen LogP contribution in [0.3, 0.4) is 0 Å². The summed E-state index contributed by atoms with van der Waals surface area (Å²) in [5.41, 5.74) is 1.27. The molecule has 0 unspecified atom stereocenters. The number of benzene rings is 2. The highest BCUT2D eigenvalue weighted by molar-refractivity contribution is 9.10. The summed E-state index contributed by atoms with van der Waals surface area (Å²) in [6.07, 6.45) is 1.29. The fourth-order valence-corrected chi connectivity index (χ4v) is 3.54. The van der Waals surface area contributed by atoms with E-state index in [1.165, 1.54) is 6.08 Å². The van der Waals surface area contributed by atoms with Gasteiger partial charge in [0.1, 0.15) is 6.61 Å². The van der Waals surface area contributed by atoms with Gasteiger partial charge >= 0.3 is 0 Å². The molecular weight excluding hydrogens is 455 g/mol. The highest BCUT2D eigenvalue weighted by Gasteiger charge is 2.11. The molecule has 2 aromatic rings. The highest BCUT2D eigenvalue weighted by Crippen LogP contribution is 2.35. The van der Waals surface area contributed by atoms with Gasteiger partial charge < -0.3 is 15.4 Å². The van der Waals surface area contributed by atoms with Crippen molar-refractivity contribution in [3.8, 4) is 5.75 Å². The lowest BCUT2D eigenvalue weighted by Crippen LogP contribution is -2.29. The SMILES string of the molecule is C=CC(=O)Nc1ccccc1CC(=O)NCCOc1c(Cl)cc(Br)cc1Cl. The Morgan fingerprint density at radius 2 is 1.85 bits per heavy atom. The number of amides is 2. The fraction of sp³-hybridized carbons (Fsp3) is 0.158. The van der Waals surface area contributed by atoms with Crippen molar-refractivity contribution in [3.63, 3.8) is 0 Å². The van der Waals surface area contributed by atoms with E-state index in [-0.39, 0.29) is 31.4 Å². The molecule has 0 aliphatic rings. The van der Waals surface area contributed by atoms with Crippen LogP contribution in [0.5, 0.6) is 5.75 Å². The Kier molecular flexibility index (Phi) is 8.16. The zero-order chi connectivity index (χ0) is 19.8. The first-order valence-corrected chi connectivity index (χ1v) is 9.51. The van der Waals surface area contributed by atoms with Gasteiger partial charge in [-0.05, 0) is 29.8 Å². The lowest BCUT2D eigenvalue weighted by molar-refractivity contribution is -0.120. The number of para-hydroxylation sites is 1. The Labute approximate surface area is 175 Å². The van der Waals surface area contributed by atoms with Gasteiger partial charge in [0.15, 0.2) is 5.75 Å². The molecule has 27 heavy (non-hydrogen) atoms. The number of carbonyl (C=O) groups excluding carboxylic acids is 2. The number of hydrogen-bond acceptors (Lipinski definition) is 3. The molecule has 0 aliphatic carbocycles. The van der Waals surface area contributed by atoms with E-state index in [1.807, 2.05) is 0 Å². The molecule has 0 heterocycles. The maximum absolute atomic E-state index is 12.2. The number of halogens is 3. The second-order valence-electron chi connectivity index (χ2n) is 5.42. The van der Waals surface area contributed by atoms with Gasteiger partial charge in [-0.1, -0.05) is 63.9 Å². The Balaban J connectivity index is 1.85. The van der Waals surface area contributed by atoms with E-state index >= 15 is 0 Å². The Morgan fingerprint density at radius 3 is 2.52 bits per heavy atom. The van der Waals surface area contributed by atoms with Crippen LogP contribution in [-0.2, 0) is 16.0 Å². The third kappa shape index (κ3) is 6.57. The molecule has 0 saturated heterocycles. The topological polar surface area (TPSA) is 67.4 Å². The molecule has 0 aliphatic heterocycles. The minimum atomic E-state index is -0.334. The van der Waals surface area contributed by atoms with Crippen molar-refractivity contribution in [3.05, 3.63) is 69.1 Å². The lowest BCUT2D eigenvalue weighted by atomic mass is 10.1. The molecule has 0 radical (unpaired) electrons. The van der Waals surface area contributed by atoms with Crippen LogP contribution in [0.1, 0.15) is 5.56 Å². The number of anilines is 1. The molecular formula is C19H17BrCl2N2O3. The van der Waals surface area contributed by atoms with E-state index in [2.05, 4.69) is 33.1 Å². The van der Waals surface area contributed by atoms with E-state index in [0.717, 1.165) is 4.47 Å². The largest absolute Gasteiger partial charge is 0.489 e. The van der Waals surface area contributed by atoms with Crippen LogP contribution in [0.15, 0.2) is 53.5 Å². The Bertz CT molecular complexity index is 836. The summed E-state index contributed by atoms with van der Waals surface area (Å²) in [6.45, 7) is 3.90. The minimum absolute atomic E-state index is 0.118. The van der Waals surface area contributed by atoms with Crippen molar-refractivity contribution in [2.24, 2.45) is 0 Å². The smallest absolute Gasteiger partial charge is 0.247 e. The molecule has 0 fully saturated rings. The Hall–Kier alpha value is -2.02. The Morgan fingerprint density at radius 1 is 1.19 bits per heavy atom. The minimum Gasteiger partial charge on any atom is -0.489 e. The number of ether oxygens (including phenoxy) is 1. The van der Waals surface area contributed by atoms with Gasteiger partial charge in [0.25, 0.3) is 0 Å². The molecule has 142 valence electrons. The van der Waals surface area contributed by atoms with Crippen molar-refractivity contribution in [2.45, 2.75) is 6.42 Å². The first-order valence-electron chi connectivity index (χ1n) is 7.96. The zero-order valence-corrected chi connectivity index (χ0v) is 17.3. The lowest BCUT2D eigenvalue weighted by Gasteiger charge is -2.12. The first-order chi connectivity index (χ1) is 12.9. The zero-order valence-electron chi connectivity index (χ0n) is 14.2. The van der Waals surface area contributed by atoms with Crippen LogP contribution in [0.25, 0.3) is 0 Å². The summed E-state index contributed by atoms with van der Waals surface area (Å²) in [7, 11) is 0. The fourth-order valence-electron chi connectivity index (χ4n) is 2.23. The van der Waals surface area contributed by atoms with Gasteiger partial charge in [-0.3, -0.25) is 9.59 Å². The molecule has 2 aromatic carbocycles. The van der Waals surface area contributed by atoms with Crippen LogP contribution in [0.4, 0.5) is 5.69 Å². The molecule has 2 N–H and O–H groups in total. The summed E-state index contributed by atoms with van der Waals surface area (Å²) in [5.74, 6) is -0.167. The average Bonchev–Trinajstić information content (AvgIpc) is 2.61. The summed E-state index contributed by atoms with van der Waals surface area (Å²) >= 11 is 15.5. The third-order valence-electron chi connectivity index (χ3n) is 3.45. The summed E-state index contributed by atoms with van der Waals surface area (Å²) in [4.78, 5) is 23.6. The predicted octanol–water partition coefficient (Wildman–Crippen LogP) is 4.62. The molecule has 0 spiro atoms. The number of nitrogens with one attached hydrogen (secondary N) is 2. The number of rotatable bonds is 8. The molecule has 5 nitrogen and oxygen atoms in total. The first kappa shape index (κ1) is 21.3. The van der Waals surface area contributed by atoms with Crippen molar-refractivity contribution in [1.82, 2.24) is 5.32 Å². The van der Waals surface area contributed by atoms with Crippen LogP contribution in [-0.4, -0.2) is 25.0 Å². The summed E-state index contributed by atoms with van der Waals surface area (Å²) in [5, 5.41) is 6.19. The summed E-state index contributed by atoms with van der Waals surface area (Å²) in [6, 6.07) is 10.4. The van der Waals surface area contributed by atoms with Crippen LogP contribution in [0.2, 0.25) is 10.0 Å². The third-order valence-corrected chi connectivity index (χ3v) is 4.46. The normalized spacial score (nSPS) is 10.2. The van der Waals surface area contributed by atoms with E-state index in [9.17, 15) is 9.59 Å². The van der Waals surface area contributed by atoms with E-state index in [4.69, 9.17) is 27.9 Å². The van der Waals surface area contributed by atoms with E-state index in [1.54, 1.807) is 36.4 Å². The van der Waals surface area contributed by atoms with Crippen molar-refractivity contribution in [2.75, 3.05) is 18.5 Å². The predicted molar refractivity (Wildman–Crippen MR) is 112 cm³/mol. The van der Waals surface area contributed by atoms with Crippen LogP contribution >= 0.6 is 39.1 Å². The van der Waals surface area contributed by atoms with Crippen molar-refractivity contribution in [1.29, 1.82) is 0 Å². The molecule has 0 atom stereocenters. The van der Waals surface area contributed by atoms with Gasteiger partial charge in [-0.2, -0.15) is 0 Å². The maximum Gasteiger partial charge on any atom is 0.247 e. The van der Waals surface area contributed by atoms with E-state index in [0.29, 0.717) is 27.0 Å². The van der Waals surface area contributed by atoms with Crippen molar-refractivity contribution < 1.29 is 14.3 Å². The average molecular weight is 472 g/mol. The number of carbonyl (C=O) groups is 2. The standard InChI is InChI=1S/C19H17BrCl2N2O3/c1-2-17(25)24-16-6-4-3-5-12(16)9-18(26)23-7-8-27-19-14(21)10-13(20)11-15(19)22/h2-6,10-11H,1,7-9H2,(H,23,26)(H,24,25). The van der Waals surface area contributed by atoms with Gasteiger partial charge in [0, 0.05) is 10.2 Å². The molecule has 0 aromatic heterocycles. The molecule has 8 heteroatoms. The van der Waals surface area contributed by atoms with Gasteiger partial charge in [-0.15, -0.1) is 0 Å². The highest BCUT2D eigenvalue weighted by atomic mass is 79.9. The monoisotopic (exact) mass is 470 g/mol. The van der Waals surface area contributed by atoms with Gasteiger partial charge in [0.05, 0.1) is 23.0 Å². The van der Waals surface area contributed by atoms with Crippen LogP contribution < -0.4 is 15.4 Å². The number of hydrogen-bond donors (Lipinski definition) is 2. The van der Waals surface area contributed by atoms with E-state index < -0.39 is 0 Å². The van der Waals surface area contributed by atoms with Crippen LogP contribution in [0, 0.1) is 0 Å². The molecule has 2 rings (SSSR count). The molecule has 2 amide bonds. The molecule has 0 saturated carbocycles.